The Bertz CT molecular complexity index is 1780. The first kappa shape index (κ1) is 35.8. The molecule has 1 N–H and O–H groups in total. The Balaban J connectivity index is 1.85. The number of hydrogen-bond acceptors (Lipinski definition) is 5. The molecule has 4 aromatic carbocycles. The average Bonchev–Trinajstić information content (AvgIpc) is 3.04. The molecule has 0 aliphatic heterocycles. The maximum Gasteiger partial charge on any atom is 0.264 e. The maximum atomic E-state index is 14.6. The fraction of sp³-hybridized carbons (Fsp3) is 0.278. The van der Waals surface area contributed by atoms with Crippen molar-refractivity contribution in [1.82, 2.24) is 10.2 Å². The van der Waals surface area contributed by atoms with E-state index in [1.54, 1.807) is 61.5 Å². The highest BCUT2D eigenvalue weighted by atomic mass is 35.5. The van der Waals surface area contributed by atoms with Gasteiger partial charge in [0.05, 0.1) is 27.2 Å². The molecule has 47 heavy (non-hydrogen) atoms. The van der Waals surface area contributed by atoms with Gasteiger partial charge in [-0.15, -0.1) is 0 Å². The molecule has 0 saturated carbocycles. The van der Waals surface area contributed by atoms with Crippen LogP contribution in [0.4, 0.5) is 5.69 Å². The summed E-state index contributed by atoms with van der Waals surface area (Å²) in [6, 6.07) is 26.2. The molecule has 8 nitrogen and oxygen atoms in total. The summed E-state index contributed by atoms with van der Waals surface area (Å²) >= 11 is 12.5. The van der Waals surface area contributed by atoms with Gasteiger partial charge in [-0.25, -0.2) is 8.42 Å². The second-order valence-electron chi connectivity index (χ2n) is 11.4. The number of nitrogens with one attached hydrogen (secondary N) is 1. The molecule has 1 atom stereocenters. The van der Waals surface area contributed by atoms with Crippen LogP contribution in [0.3, 0.4) is 0 Å². The first-order chi connectivity index (χ1) is 22.4. The number of carbonyl (C=O) groups excluding carboxylic acids is 2. The minimum absolute atomic E-state index is 0.0108. The molecule has 0 spiro atoms. The van der Waals surface area contributed by atoms with Gasteiger partial charge in [0.1, 0.15) is 18.3 Å². The summed E-state index contributed by atoms with van der Waals surface area (Å²) in [4.78, 5) is 29.9. The van der Waals surface area contributed by atoms with Crippen LogP contribution in [0, 0.1) is 6.92 Å². The van der Waals surface area contributed by atoms with Crippen molar-refractivity contribution in [3.8, 4) is 5.75 Å². The number of aryl methyl sites for hydroxylation is 1. The number of benzene rings is 4. The molecule has 0 heterocycles. The number of carbonyl (C=O) groups is 2. The Morgan fingerprint density at radius 1 is 0.851 bits per heavy atom. The van der Waals surface area contributed by atoms with Crippen molar-refractivity contribution in [3.63, 3.8) is 0 Å². The highest BCUT2D eigenvalue weighted by Crippen LogP contribution is 2.33. The molecule has 0 radical (unpaired) electrons. The smallest absolute Gasteiger partial charge is 0.264 e. The van der Waals surface area contributed by atoms with Crippen LogP contribution in [0.15, 0.2) is 102 Å². The monoisotopic (exact) mass is 695 g/mol. The number of ether oxygens (including phenoxy) is 1. The summed E-state index contributed by atoms with van der Waals surface area (Å²) in [5.41, 5.74) is 2.53. The topological polar surface area (TPSA) is 96.0 Å². The molecule has 4 aromatic rings. The van der Waals surface area contributed by atoms with Gasteiger partial charge in [-0.3, -0.25) is 13.9 Å². The van der Waals surface area contributed by atoms with E-state index in [9.17, 15) is 18.0 Å². The lowest BCUT2D eigenvalue weighted by molar-refractivity contribution is -0.140. The predicted molar refractivity (Wildman–Crippen MR) is 188 cm³/mol. The van der Waals surface area contributed by atoms with Crippen molar-refractivity contribution in [2.24, 2.45) is 0 Å². The van der Waals surface area contributed by atoms with E-state index >= 15 is 0 Å². The number of hydrogen-bond donors (Lipinski definition) is 1. The first-order valence-corrected chi connectivity index (χ1v) is 17.5. The standard InChI is InChI=1S/C36H39Cl2N3O5S/c1-5-46-34-14-10-9-13-32(34)41(47(44,45)29-18-15-26(4)16-19-29)24-35(42)40(23-28-17-20-30(37)31(38)21-28)33(36(43)39-25(2)3)22-27-11-7-6-8-12-27/h6-21,25,33H,5,22-24H2,1-4H3,(H,39,43). The van der Waals surface area contributed by atoms with Crippen molar-refractivity contribution in [2.75, 3.05) is 17.5 Å². The van der Waals surface area contributed by atoms with Crippen molar-refractivity contribution in [2.45, 2.75) is 57.6 Å². The summed E-state index contributed by atoms with van der Waals surface area (Å²) in [6.07, 6.45) is 0.187. The molecule has 248 valence electrons. The van der Waals surface area contributed by atoms with Gasteiger partial charge in [0, 0.05) is 19.0 Å². The van der Waals surface area contributed by atoms with Crippen LogP contribution in [0.25, 0.3) is 0 Å². The van der Waals surface area contributed by atoms with Gasteiger partial charge in [-0.1, -0.05) is 89.4 Å². The number of amides is 2. The van der Waals surface area contributed by atoms with Crippen LogP contribution in [-0.2, 0) is 32.6 Å². The Labute approximate surface area is 287 Å². The van der Waals surface area contributed by atoms with Gasteiger partial charge in [-0.2, -0.15) is 0 Å². The van der Waals surface area contributed by atoms with Gasteiger partial charge in [-0.05, 0) is 75.2 Å². The number of nitrogens with zero attached hydrogens (tertiary/aromatic N) is 2. The fourth-order valence-corrected chi connectivity index (χ4v) is 6.81. The molecule has 4 rings (SSSR count). The van der Waals surface area contributed by atoms with Crippen LogP contribution >= 0.6 is 23.2 Å². The van der Waals surface area contributed by atoms with Gasteiger partial charge in [0.15, 0.2) is 0 Å². The zero-order valence-electron chi connectivity index (χ0n) is 26.8. The molecule has 0 fully saturated rings. The molecule has 0 saturated heterocycles. The fourth-order valence-electron chi connectivity index (χ4n) is 5.06. The number of para-hydroxylation sites is 2. The van der Waals surface area contributed by atoms with E-state index in [1.807, 2.05) is 51.1 Å². The largest absolute Gasteiger partial charge is 0.492 e. The molecule has 1 unspecified atom stereocenters. The summed E-state index contributed by atoms with van der Waals surface area (Å²) in [7, 11) is -4.28. The van der Waals surface area contributed by atoms with Gasteiger partial charge >= 0.3 is 0 Å². The second kappa shape index (κ2) is 16.2. The highest BCUT2D eigenvalue weighted by molar-refractivity contribution is 7.92. The SMILES string of the molecule is CCOc1ccccc1N(CC(=O)N(Cc1ccc(Cl)c(Cl)c1)C(Cc1ccccc1)C(=O)NC(C)C)S(=O)(=O)c1ccc(C)cc1. The third-order valence-corrected chi connectivity index (χ3v) is 9.87. The molecule has 2 amide bonds. The van der Waals surface area contributed by atoms with E-state index in [1.165, 1.54) is 17.0 Å². The summed E-state index contributed by atoms with van der Waals surface area (Å²) in [6.45, 7) is 6.96. The van der Waals surface area contributed by atoms with Crippen LogP contribution in [-0.4, -0.2) is 50.4 Å². The van der Waals surface area contributed by atoms with E-state index < -0.39 is 28.5 Å². The van der Waals surface area contributed by atoms with Crippen LogP contribution in [0.2, 0.25) is 10.0 Å². The molecule has 11 heteroatoms. The zero-order chi connectivity index (χ0) is 34.1. The van der Waals surface area contributed by atoms with Crippen molar-refractivity contribution >= 4 is 50.7 Å². The van der Waals surface area contributed by atoms with Crippen molar-refractivity contribution in [3.05, 3.63) is 124 Å². The number of anilines is 1. The van der Waals surface area contributed by atoms with E-state index in [0.717, 1.165) is 15.4 Å². The van der Waals surface area contributed by atoms with E-state index in [4.69, 9.17) is 27.9 Å². The first-order valence-electron chi connectivity index (χ1n) is 15.3. The molecule has 0 aliphatic rings. The lowest BCUT2D eigenvalue weighted by Gasteiger charge is -2.34. The Kier molecular flexibility index (Phi) is 12.3. The Morgan fingerprint density at radius 3 is 2.15 bits per heavy atom. The van der Waals surface area contributed by atoms with Crippen molar-refractivity contribution in [1.29, 1.82) is 0 Å². The van der Waals surface area contributed by atoms with E-state index in [2.05, 4.69) is 5.32 Å². The maximum absolute atomic E-state index is 14.6. The molecular formula is C36H39Cl2N3O5S. The average molecular weight is 697 g/mol. The molecular weight excluding hydrogens is 657 g/mol. The lowest BCUT2D eigenvalue weighted by Crippen LogP contribution is -2.54. The normalized spacial score (nSPS) is 12.0. The summed E-state index contributed by atoms with van der Waals surface area (Å²) < 4.78 is 35.5. The van der Waals surface area contributed by atoms with Gasteiger partial charge in [0.25, 0.3) is 10.0 Å². The third-order valence-electron chi connectivity index (χ3n) is 7.36. The Morgan fingerprint density at radius 2 is 1.51 bits per heavy atom. The van der Waals surface area contributed by atoms with Crippen molar-refractivity contribution < 1.29 is 22.7 Å². The Hall–Kier alpha value is -4.05. The lowest BCUT2D eigenvalue weighted by atomic mass is 10.0. The molecule has 0 bridgehead atoms. The molecule has 0 aliphatic carbocycles. The summed E-state index contributed by atoms with van der Waals surface area (Å²) in [5, 5.41) is 3.58. The van der Waals surface area contributed by atoms with E-state index in [0.29, 0.717) is 16.3 Å². The number of halogens is 2. The minimum Gasteiger partial charge on any atom is -0.492 e. The number of rotatable bonds is 14. The van der Waals surface area contributed by atoms with Gasteiger partial charge < -0.3 is 15.0 Å². The number of sulfonamides is 1. The van der Waals surface area contributed by atoms with Crippen LogP contribution < -0.4 is 14.4 Å². The second-order valence-corrected chi connectivity index (χ2v) is 14.0. The quantitative estimate of drug-likeness (QED) is 0.152. The summed E-state index contributed by atoms with van der Waals surface area (Å²) in [5.74, 6) is -0.675. The zero-order valence-corrected chi connectivity index (χ0v) is 29.1. The van der Waals surface area contributed by atoms with Gasteiger partial charge in [0.2, 0.25) is 11.8 Å². The highest BCUT2D eigenvalue weighted by Gasteiger charge is 2.35. The van der Waals surface area contributed by atoms with Crippen LogP contribution in [0.5, 0.6) is 5.75 Å². The predicted octanol–water partition coefficient (Wildman–Crippen LogP) is 7.06. The minimum atomic E-state index is -4.28. The van der Waals surface area contributed by atoms with E-state index in [-0.39, 0.29) is 47.1 Å². The third kappa shape index (κ3) is 9.28. The molecule has 0 aromatic heterocycles. The van der Waals surface area contributed by atoms with Crippen LogP contribution in [0.1, 0.15) is 37.5 Å².